The molecule has 0 aliphatic carbocycles. The van der Waals surface area contributed by atoms with Crippen LogP contribution >= 0.6 is 50.3 Å². The van der Waals surface area contributed by atoms with Crippen LogP contribution in [-0.2, 0) is 11.4 Å². The summed E-state index contributed by atoms with van der Waals surface area (Å²) in [5.74, 6) is 0.978. The number of carbonyl (C=O) groups excluding carboxylic acids is 2. The maximum Gasteiger partial charge on any atom is 0.293 e. The molecule has 2 aromatic rings. The second-order valence-corrected chi connectivity index (χ2v) is 9.35. The predicted molar refractivity (Wildman–Crippen MR) is 127 cm³/mol. The molecule has 0 atom stereocenters. The van der Waals surface area contributed by atoms with E-state index in [1.165, 1.54) is 4.90 Å². The Bertz CT molecular complexity index is 962. The minimum absolute atomic E-state index is 0.223. The summed E-state index contributed by atoms with van der Waals surface area (Å²) in [6.07, 6.45) is 2.46. The molecule has 1 aliphatic heterocycles. The molecule has 8 heteroatoms. The van der Waals surface area contributed by atoms with Crippen molar-refractivity contribution in [3.8, 4) is 11.5 Å². The van der Waals surface area contributed by atoms with Crippen molar-refractivity contribution in [3.05, 3.63) is 60.5 Å². The number of imide groups is 1. The van der Waals surface area contributed by atoms with Crippen LogP contribution < -0.4 is 9.47 Å². The van der Waals surface area contributed by atoms with Crippen molar-refractivity contribution in [2.24, 2.45) is 0 Å². The molecule has 1 fully saturated rings. The summed E-state index contributed by atoms with van der Waals surface area (Å²) in [6.45, 7) is 2.79. The zero-order chi connectivity index (χ0) is 21.0. The predicted octanol–water partition coefficient (Wildman–Crippen LogP) is 6.09. The van der Waals surface area contributed by atoms with E-state index in [9.17, 15) is 9.59 Å². The highest BCUT2D eigenvalue weighted by Gasteiger charge is 2.34. The van der Waals surface area contributed by atoms with Gasteiger partial charge in [0, 0.05) is 11.0 Å². The number of amides is 2. The van der Waals surface area contributed by atoms with Gasteiger partial charge in [-0.15, -0.1) is 0 Å². The van der Waals surface area contributed by atoms with Gasteiger partial charge in [0.2, 0.25) is 0 Å². The zero-order valence-electron chi connectivity index (χ0n) is 15.9. The van der Waals surface area contributed by atoms with Gasteiger partial charge in [0.05, 0.1) is 15.6 Å². The lowest BCUT2D eigenvalue weighted by molar-refractivity contribution is -0.122. The summed E-state index contributed by atoms with van der Waals surface area (Å²) < 4.78 is 13.4. The maximum atomic E-state index is 12.5. The number of hydrogen-bond acceptors (Lipinski definition) is 5. The standard InChI is InChI=1S/C21H19BrINO4S/c1-3-8-24-20(25)18(29-21(24)26)11-14-9-16(23)19(17(10-14)27-2)28-12-13-4-6-15(22)7-5-13/h4-7,9-11H,3,8,12H2,1-2H3/b18-11+. The monoisotopic (exact) mass is 587 g/mol. The third-order valence-electron chi connectivity index (χ3n) is 4.17. The summed E-state index contributed by atoms with van der Waals surface area (Å²) in [6, 6.07) is 11.6. The molecule has 0 N–H and O–H groups in total. The Morgan fingerprint density at radius 3 is 2.59 bits per heavy atom. The number of ether oxygens (including phenoxy) is 2. The van der Waals surface area contributed by atoms with E-state index in [-0.39, 0.29) is 11.1 Å². The van der Waals surface area contributed by atoms with E-state index >= 15 is 0 Å². The van der Waals surface area contributed by atoms with Crippen LogP contribution in [0.5, 0.6) is 11.5 Å². The summed E-state index contributed by atoms with van der Waals surface area (Å²) in [7, 11) is 1.58. The molecular formula is C21H19BrINO4S. The lowest BCUT2D eigenvalue weighted by Gasteiger charge is -2.14. The van der Waals surface area contributed by atoms with Crippen LogP contribution in [-0.4, -0.2) is 29.7 Å². The molecule has 1 heterocycles. The summed E-state index contributed by atoms with van der Waals surface area (Å²) in [5, 5.41) is -0.223. The maximum absolute atomic E-state index is 12.5. The summed E-state index contributed by atoms with van der Waals surface area (Å²) >= 11 is 6.58. The molecule has 29 heavy (non-hydrogen) atoms. The van der Waals surface area contributed by atoms with Crippen LogP contribution in [0.3, 0.4) is 0 Å². The molecule has 0 bridgehead atoms. The lowest BCUT2D eigenvalue weighted by atomic mass is 10.1. The molecule has 3 rings (SSSR count). The number of halogens is 2. The molecule has 5 nitrogen and oxygen atoms in total. The SMILES string of the molecule is CCCN1C(=O)S/C(=C/c2cc(I)c(OCc3ccc(Br)cc3)c(OC)c2)C1=O. The number of methoxy groups -OCH3 is 1. The Morgan fingerprint density at radius 2 is 1.93 bits per heavy atom. The molecule has 152 valence electrons. The first kappa shape index (κ1) is 22.2. The van der Waals surface area contributed by atoms with Gasteiger partial charge in [-0.25, -0.2) is 0 Å². The van der Waals surface area contributed by atoms with Crippen molar-refractivity contribution in [2.45, 2.75) is 20.0 Å². The van der Waals surface area contributed by atoms with Crippen molar-refractivity contribution >= 4 is 67.5 Å². The van der Waals surface area contributed by atoms with Crippen LogP contribution in [0, 0.1) is 3.57 Å². The molecule has 0 aromatic heterocycles. The number of rotatable bonds is 7. The molecular weight excluding hydrogens is 569 g/mol. The van der Waals surface area contributed by atoms with Gasteiger partial charge in [0.25, 0.3) is 11.1 Å². The van der Waals surface area contributed by atoms with Crippen molar-refractivity contribution in [3.63, 3.8) is 0 Å². The minimum atomic E-state index is -0.244. The van der Waals surface area contributed by atoms with E-state index in [0.717, 1.165) is 37.4 Å². The van der Waals surface area contributed by atoms with Gasteiger partial charge in [-0.3, -0.25) is 14.5 Å². The highest BCUT2D eigenvalue weighted by atomic mass is 127. The Morgan fingerprint density at radius 1 is 1.21 bits per heavy atom. The van der Waals surface area contributed by atoms with Gasteiger partial charge in [0.1, 0.15) is 6.61 Å². The number of nitrogens with zero attached hydrogens (tertiary/aromatic N) is 1. The van der Waals surface area contributed by atoms with Gasteiger partial charge >= 0.3 is 0 Å². The minimum Gasteiger partial charge on any atom is -0.493 e. The summed E-state index contributed by atoms with van der Waals surface area (Å²) in [5.41, 5.74) is 1.82. The third-order valence-corrected chi connectivity index (χ3v) is 6.40. The number of thioether (sulfide) groups is 1. The quantitative estimate of drug-likeness (QED) is 0.290. The fourth-order valence-corrected chi connectivity index (χ4v) is 4.68. The van der Waals surface area contributed by atoms with E-state index in [1.807, 2.05) is 43.3 Å². The molecule has 2 aromatic carbocycles. The number of hydrogen-bond donors (Lipinski definition) is 0. The van der Waals surface area contributed by atoms with Gasteiger partial charge in [-0.2, -0.15) is 0 Å². The van der Waals surface area contributed by atoms with Gasteiger partial charge in [-0.1, -0.05) is 35.0 Å². The average molecular weight is 588 g/mol. The van der Waals surface area contributed by atoms with Gasteiger partial charge in [-0.05, 0) is 82.2 Å². The topological polar surface area (TPSA) is 55.8 Å². The highest BCUT2D eigenvalue weighted by molar-refractivity contribution is 14.1. The van der Waals surface area contributed by atoms with Crippen LogP contribution in [0.1, 0.15) is 24.5 Å². The lowest BCUT2D eigenvalue weighted by Crippen LogP contribution is -2.28. The molecule has 1 saturated heterocycles. The van der Waals surface area contributed by atoms with E-state index in [4.69, 9.17) is 9.47 Å². The average Bonchev–Trinajstić information content (AvgIpc) is 2.96. The van der Waals surface area contributed by atoms with Gasteiger partial charge < -0.3 is 9.47 Å². The Hall–Kier alpha value is -1.52. The third kappa shape index (κ3) is 5.35. The Kier molecular flexibility index (Phi) is 7.64. The van der Waals surface area contributed by atoms with Crippen LogP contribution in [0.2, 0.25) is 0 Å². The van der Waals surface area contributed by atoms with Crippen molar-refractivity contribution in [1.29, 1.82) is 0 Å². The number of benzene rings is 2. The van der Waals surface area contributed by atoms with Crippen LogP contribution in [0.4, 0.5) is 4.79 Å². The molecule has 0 unspecified atom stereocenters. The van der Waals surface area contributed by atoms with Crippen molar-refractivity contribution in [1.82, 2.24) is 4.90 Å². The van der Waals surface area contributed by atoms with E-state index < -0.39 is 0 Å². The highest BCUT2D eigenvalue weighted by Crippen LogP contribution is 2.37. The van der Waals surface area contributed by atoms with Gasteiger partial charge in [0.15, 0.2) is 11.5 Å². The molecule has 0 radical (unpaired) electrons. The van der Waals surface area contributed by atoms with Crippen molar-refractivity contribution < 1.29 is 19.1 Å². The normalized spacial score (nSPS) is 15.3. The molecule has 0 saturated carbocycles. The van der Waals surface area contributed by atoms with Crippen molar-refractivity contribution in [2.75, 3.05) is 13.7 Å². The molecule has 2 amide bonds. The first-order valence-electron chi connectivity index (χ1n) is 8.93. The largest absolute Gasteiger partial charge is 0.493 e. The smallest absolute Gasteiger partial charge is 0.293 e. The van der Waals surface area contributed by atoms with E-state index in [1.54, 1.807) is 13.2 Å². The second kappa shape index (κ2) is 9.99. The van der Waals surface area contributed by atoms with Crippen LogP contribution in [0.15, 0.2) is 45.8 Å². The first-order chi connectivity index (χ1) is 13.9. The van der Waals surface area contributed by atoms with E-state index in [0.29, 0.717) is 29.6 Å². The molecule has 0 spiro atoms. The Labute approximate surface area is 196 Å². The first-order valence-corrected chi connectivity index (χ1v) is 11.6. The fraction of sp³-hybridized carbons (Fsp3) is 0.238. The second-order valence-electron chi connectivity index (χ2n) is 6.28. The van der Waals surface area contributed by atoms with E-state index in [2.05, 4.69) is 38.5 Å². The number of carbonyl (C=O) groups is 2. The zero-order valence-corrected chi connectivity index (χ0v) is 20.5. The fourth-order valence-electron chi connectivity index (χ4n) is 2.77. The van der Waals surface area contributed by atoms with Crippen LogP contribution in [0.25, 0.3) is 6.08 Å². The Balaban J connectivity index is 1.82. The molecule has 1 aliphatic rings. The summed E-state index contributed by atoms with van der Waals surface area (Å²) in [4.78, 5) is 26.2.